The van der Waals surface area contributed by atoms with E-state index in [-0.39, 0.29) is 54.8 Å². The summed E-state index contributed by atoms with van der Waals surface area (Å²) < 4.78 is 132. The van der Waals surface area contributed by atoms with E-state index in [9.17, 15) is 5.48 Å². The maximum absolute atomic E-state index is 9.48. The lowest BCUT2D eigenvalue weighted by Gasteiger charge is -2.08. The highest BCUT2D eigenvalue weighted by atomic mass is 32.1. The molecule has 0 atom stereocenters. The van der Waals surface area contributed by atoms with Gasteiger partial charge in [-0.1, -0.05) is 139 Å². The molecule has 6 aromatic carbocycles. The van der Waals surface area contributed by atoms with Crippen molar-refractivity contribution in [3.05, 3.63) is 151 Å². The van der Waals surface area contributed by atoms with E-state index >= 15 is 0 Å². The van der Waals surface area contributed by atoms with Crippen molar-refractivity contribution in [3.8, 4) is 56.4 Å². The normalized spacial score (nSPS) is 16.1. The van der Waals surface area contributed by atoms with Crippen LogP contribution in [0.2, 0.25) is 0 Å². The molecule has 3 nitrogen and oxygen atoms in total. The van der Waals surface area contributed by atoms with Crippen LogP contribution in [0.15, 0.2) is 151 Å². The fraction of sp³-hybridized carbons (Fsp3) is 0. The monoisotopic (exact) mass is 582 g/mol. The number of hydrogen-bond donors (Lipinski definition) is 0. The molecule has 0 saturated carbocycles. The molecule has 0 saturated heterocycles. The van der Waals surface area contributed by atoms with Crippen LogP contribution in [0.25, 0.3) is 76.6 Å². The maximum Gasteiger partial charge on any atom is 0.164 e. The number of benzene rings is 6. The Morgan fingerprint density at radius 3 is 1.74 bits per heavy atom. The van der Waals surface area contributed by atoms with Gasteiger partial charge in [-0.3, -0.25) is 0 Å². The van der Waals surface area contributed by atoms with Gasteiger partial charge < -0.3 is 0 Å². The highest BCUT2D eigenvalue weighted by molar-refractivity contribution is 7.26. The van der Waals surface area contributed by atoms with E-state index in [0.29, 0.717) is 11.1 Å². The predicted octanol–water partition coefficient (Wildman–Crippen LogP) is 10.6. The van der Waals surface area contributed by atoms with Crippen LogP contribution in [0.5, 0.6) is 0 Å². The van der Waals surface area contributed by atoms with Crippen molar-refractivity contribution >= 4 is 31.5 Å². The highest BCUT2D eigenvalue weighted by Crippen LogP contribution is 2.41. The third kappa shape index (κ3) is 4.78. The third-order valence-corrected chi connectivity index (χ3v) is 7.73. The molecule has 0 amide bonds. The van der Waals surface area contributed by atoms with Gasteiger partial charge in [-0.2, -0.15) is 0 Å². The molecular formula is C39H25N3S. The minimum Gasteiger partial charge on any atom is -0.208 e. The molecular weight excluding hydrogens is 543 g/mol. The molecule has 0 aliphatic rings. The minimum atomic E-state index is -0.792. The molecule has 2 heterocycles. The molecule has 4 heteroatoms. The predicted molar refractivity (Wildman–Crippen MR) is 180 cm³/mol. The molecule has 0 radical (unpaired) electrons. The fourth-order valence-corrected chi connectivity index (χ4v) is 5.72. The molecule has 0 aliphatic carbocycles. The number of rotatable bonds is 5. The van der Waals surface area contributed by atoms with Crippen LogP contribution in [-0.4, -0.2) is 15.0 Å². The molecule has 8 rings (SSSR count). The first kappa shape index (κ1) is 14.1. The largest absolute Gasteiger partial charge is 0.208 e. The second-order valence-corrected chi connectivity index (χ2v) is 10.3. The lowest BCUT2D eigenvalue weighted by Crippen LogP contribution is -1.99. The lowest BCUT2D eigenvalue weighted by atomic mass is 9.98. The van der Waals surface area contributed by atoms with Crippen LogP contribution < -0.4 is 0 Å². The first-order chi connectivity index (χ1) is 27.6. The second kappa shape index (κ2) is 10.8. The van der Waals surface area contributed by atoms with Gasteiger partial charge in [0, 0.05) is 36.9 Å². The number of fused-ring (bicyclic) bond motifs is 3. The molecule has 202 valence electrons. The first-order valence-corrected chi connectivity index (χ1v) is 13.9. The quantitative estimate of drug-likeness (QED) is 0.203. The smallest absolute Gasteiger partial charge is 0.164 e. The van der Waals surface area contributed by atoms with Gasteiger partial charge in [0.25, 0.3) is 0 Å². The molecule has 0 spiro atoms. The van der Waals surface area contributed by atoms with E-state index in [2.05, 4.69) is 15.0 Å². The van der Waals surface area contributed by atoms with Crippen LogP contribution in [0.1, 0.15) is 20.6 Å². The van der Waals surface area contributed by atoms with Crippen LogP contribution in [0.4, 0.5) is 0 Å². The third-order valence-electron chi connectivity index (χ3n) is 6.61. The zero-order valence-electron chi connectivity index (χ0n) is 37.0. The number of nitrogens with zero attached hydrogens (tertiary/aromatic N) is 3. The summed E-state index contributed by atoms with van der Waals surface area (Å²) in [6.45, 7) is 0. The summed E-state index contributed by atoms with van der Waals surface area (Å²) in [5.74, 6) is 0.397. The van der Waals surface area contributed by atoms with Crippen LogP contribution in [0, 0.1) is 0 Å². The molecule has 43 heavy (non-hydrogen) atoms. The van der Waals surface area contributed by atoms with E-state index in [1.165, 1.54) is 0 Å². The Morgan fingerprint density at radius 1 is 0.442 bits per heavy atom. The van der Waals surface area contributed by atoms with Gasteiger partial charge in [0.2, 0.25) is 0 Å². The molecule has 2 aromatic heterocycles. The van der Waals surface area contributed by atoms with Gasteiger partial charge in [0.15, 0.2) is 17.5 Å². The van der Waals surface area contributed by atoms with Crippen molar-refractivity contribution in [1.82, 2.24) is 15.0 Å². The molecule has 0 fully saturated rings. The highest BCUT2D eigenvalue weighted by Gasteiger charge is 2.15. The Bertz CT molecular complexity index is 2980. The average Bonchev–Trinajstić information content (AvgIpc) is 3.64. The lowest BCUT2D eigenvalue weighted by molar-refractivity contribution is 1.07. The van der Waals surface area contributed by atoms with Crippen molar-refractivity contribution in [2.45, 2.75) is 0 Å². The van der Waals surface area contributed by atoms with Gasteiger partial charge >= 0.3 is 0 Å². The van der Waals surface area contributed by atoms with Crippen LogP contribution in [0.3, 0.4) is 0 Å². The van der Waals surface area contributed by atoms with Crippen molar-refractivity contribution in [1.29, 1.82) is 0 Å². The van der Waals surface area contributed by atoms with Crippen molar-refractivity contribution in [2.24, 2.45) is 0 Å². The Hall–Kier alpha value is -5.45. The van der Waals surface area contributed by atoms with Gasteiger partial charge in [0.1, 0.15) is 0 Å². The zero-order chi connectivity index (χ0) is 41.6. The van der Waals surface area contributed by atoms with E-state index in [1.54, 1.807) is 48.5 Å². The van der Waals surface area contributed by atoms with Crippen molar-refractivity contribution in [3.63, 3.8) is 0 Å². The SMILES string of the molecule is [2H]c1c([2H])c([2H])c(-c2c([2H])c([2H])c([2H])c(-c3c([2H])c([2H])c([2H])c4c3sc3c([2H])c(-c5nc(-c6ccccc6)nc(-c6ccccc6)n5)c([2H])c([2H])c34)c2[2H])c([2H])c1[2H]. The first-order valence-electron chi connectivity index (χ1n) is 20.6. The van der Waals surface area contributed by atoms with Gasteiger partial charge in [-0.05, 0) is 34.3 Å². The Labute approximate surface area is 274 Å². The van der Waals surface area contributed by atoms with Gasteiger partial charge in [-0.25, -0.2) is 15.0 Å². The summed E-state index contributed by atoms with van der Waals surface area (Å²) in [5, 5.41) is -0.198. The summed E-state index contributed by atoms with van der Waals surface area (Å²) in [6, 6.07) is 8.11. The fourth-order valence-electron chi connectivity index (χ4n) is 4.59. The van der Waals surface area contributed by atoms with Gasteiger partial charge in [0.05, 0.1) is 20.6 Å². The Morgan fingerprint density at radius 2 is 1.05 bits per heavy atom. The summed E-state index contributed by atoms with van der Waals surface area (Å²) >= 11 is 0.803. The van der Waals surface area contributed by atoms with Crippen molar-refractivity contribution in [2.75, 3.05) is 0 Å². The Balaban J connectivity index is 1.47. The van der Waals surface area contributed by atoms with E-state index in [4.69, 9.17) is 15.1 Å². The number of aromatic nitrogens is 3. The number of hydrogen-bond acceptors (Lipinski definition) is 4. The molecule has 0 N–H and O–H groups in total. The summed E-state index contributed by atoms with van der Waals surface area (Å²) in [4.78, 5) is 14.0. The second-order valence-electron chi connectivity index (χ2n) is 9.30. The Kier molecular flexibility index (Phi) is 3.54. The summed E-state index contributed by atoms with van der Waals surface area (Å²) in [6.07, 6.45) is 0. The molecule has 0 bridgehead atoms. The van der Waals surface area contributed by atoms with Crippen LogP contribution >= 0.6 is 11.3 Å². The van der Waals surface area contributed by atoms with Gasteiger partial charge in [-0.15, -0.1) is 11.3 Å². The molecule has 0 unspecified atom stereocenters. The molecule has 8 aromatic rings. The summed E-state index contributed by atoms with van der Waals surface area (Å²) in [5.41, 5.74) is -0.830. The topological polar surface area (TPSA) is 38.7 Å². The van der Waals surface area contributed by atoms with Crippen LogP contribution in [-0.2, 0) is 0 Å². The summed E-state index contributed by atoms with van der Waals surface area (Å²) in [7, 11) is 0. The number of thiophene rings is 1. The standard InChI is InChI=1S/C39H25N3S/c1-4-12-26(13-5-1)29-18-10-19-30(24-29)32-20-11-21-34-33-23-22-31(25-35(33)43-36(32)34)39-41-37(27-14-6-2-7-15-27)40-38(42-39)28-16-8-3-9-17-28/h1-25H/i1D,4D,5D,10D,11D,12D,13D,18D,19D,20D,21D,22D,23D,24D,25D. The maximum atomic E-state index is 9.48. The minimum absolute atomic E-state index is 0.0312. The van der Waals surface area contributed by atoms with E-state index in [0.717, 1.165) is 11.3 Å². The van der Waals surface area contributed by atoms with Crippen molar-refractivity contribution < 1.29 is 20.6 Å². The van der Waals surface area contributed by atoms with E-state index in [1.807, 2.05) is 12.1 Å². The average molecular weight is 583 g/mol. The van der Waals surface area contributed by atoms with E-state index < -0.39 is 101 Å². The zero-order valence-corrected chi connectivity index (χ0v) is 22.8. The molecule has 0 aliphatic heterocycles.